The van der Waals surface area contributed by atoms with Gasteiger partial charge in [-0.1, -0.05) is 404 Å². The number of nitrogens with zero attached hydrogens (tertiary/aromatic N) is 5. The lowest BCUT2D eigenvalue weighted by molar-refractivity contribution is 0.568. The van der Waals surface area contributed by atoms with Crippen LogP contribution in [-0.4, -0.2) is 11.3 Å². The Bertz CT molecular complexity index is 7030. The van der Waals surface area contributed by atoms with Gasteiger partial charge < -0.3 is 14.4 Å². The van der Waals surface area contributed by atoms with Crippen molar-refractivity contribution in [1.29, 1.82) is 5.26 Å². The van der Waals surface area contributed by atoms with E-state index in [1.54, 1.807) is 0 Å². The molecule has 1 aromatic heterocycles. The van der Waals surface area contributed by atoms with E-state index in [1.807, 2.05) is 12.1 Å². The SMILES string of the molecule is [C-]#[N+]c1cccc(-c2cc(-c3cc(C(C)(C)C)cc(C(C)(C)C)c3)c(N3c4cc(-n5c6ccccc6c6ccccc65)ccc4B4c5cc(-c6cc(C(C)(C)C)cc(C(C)(C)C)c6)ccc5N(c5c(-c6cc(C(C)(C)C)cc(C(C)(C)C)c6)cc(-c6cccc(C#N)c6)cc5-c5cc(C(C)(C)C)cc(C(C)(C)C)c5)c5cc(C(C)(C)C)cc3c54)c(-c3cc(C(C)(C)C)cc(C(C)(C)C)c3)c2)c1. The molecule has 0 unspecified atom stereocenters. The van der Waals surface area contributed by atoms with E-state index in [9.17, 15) is 5.26 Å². The third-order valence-electron chi connectivity index (χ3n) is 29.0. The van der Waals surface area contributed by atoms with Crippen LogP contribution in [0, 0.1) is 17.9 Å². The van der Waals surface area contributed by atoms with Gasteiger partial charge in [0.25, 0.3) is 6.71 Å². The Kier molecular flexibility index (Phi) is 23.2. The molecule has 17 rings (SSSR count). The number of fused-ring (bicyclic) bond motifs is 7. The molecule has 0 atom stereocenters. The second-order valence-electron chi connectivity index (χ2n) is 50.9. The van der Waals surface area contributed by atoms with Gasteiger partial charge in [0, 0.05) is 61.5 Å². The average molecular weight is 1790 g/mol. The van der Waals surface area contributed by atoms with Gasteiger partial charge in [0.2, 0.25) is 0 Å². The quantitative estimate of drug-likeness (QED) is 0.101. The number of para-hydroxylation sites is 2. The van der Waals surface area contributed by atoms with Crippen molar-refractivity contribution in [3.8, 4) is 89.6 Å². The minimum absolute atomic E-state index is 0.175. The summed E-state index contributed by atoms with van der Waals surface area (Å²) in [5, 5.41) is 13.4. The van der Waals surface area contributed by atoms with Crippen LogP contribution in [-0.2, 0) is 59.6 Å². The zero-order valence-corrected chi connectivity index (χ0v) is 87.6. The van der Waals surface area contributed by atoms with Gasteiger partial charge in [-0.25, -0.2) is 4.85 Å². The standard InChI is InChI=1S/C130H142BN5/c1-120(2,3)90-54-83(55-91(70-90)121(4,5)6)82-49-52-113-110(69-82)131-109-51-50-102(134-111-47-37-35-45-103(111)104-46-36-38-48-112(104)134)77-114(109)136(119-107(88-60-96(126(19,20)21)73-97(61-88)127(22,23)24)67-85(81-43-40-44-101(64-81)133-34)68-108(119)89-62-98(128(25,26)27)74-99(63-89)129(28,29)30)116-76-100(130(31,32)33)75-115(117(116)131)135(113)118-105(86-56-92(122(7,8)9)71-93(57-86)123(10,11)12)65-84(80-42-39-41-79(53-80)78-132)66-106(118)87-58-94(124(13,14)15)72-95(59-87)125(16,17)18/h35-77H,1-33H3. The molecular weight excluding hydrogens is 1640 g/mol. The van der Waals surface area contributed by atoms with Crippen molar-refractivity contribution in [1.82, 2.24) is 4.57 Å². The second kappa shape index (κ2) is 33.2. The largest absolute Gasteiger partial charge is 0.310 e. The molecule has 0 aliphatic carbocycles. The lowest BCUT2D eigenvalue weighted by atomic mass is 9.33. The van der Waals surface area contributed by atoms with Crippen molar-refractivity contribution in [3.05, 3.63) is 339 Å². The van der Waals surface area contributed by atoms with Crippen LogP contribution in [0.25, 0.3) is 110 Å². The Hall–Kier alpha value is -12.5. The van der Waals surface area contributed by atoms with Crippen molar-refractivity contribution in [2.75, 3.05) is 9.80 Å². The van der Waals surface area contributed by atoms with E-state index in [1.165, 1.54) is 93.9 Å². The van der Waals surface area contributed by atoms with E-state index >= 15 is 0 Å². The molecule has 690 valence electrons. The Morgan fingerprint density at radius 2 is 0.559 bits per heavy atom. The molecule has 15 aromatic rings. The maximum atomic E-state index is 11.0. The number of nitriles is 1. The molecule has 0 saturated heterocycles. The van der Waals surface area contributed by atoms with Gasteiger partial charge in [0.05, 0.1) is 40.6 Å². The highest BCUT2D eigenvalue weighted by Crippen LogP contribution is 2.58. The summed E-state index contributed by atoms with van der Waals surface area (Å²) in [5.41, 5.74) is 40.4. The predicted molar refractivity (Wildman–Crippen MR) is 590 cm³/mol. The number of hydrogen-bond donors (Lipinski definition) is 0. The summed E-state index contributed by atoms with van der Waals surface area (Å²) in [6.07, 6.45) is 0. The van der Waals surface area contributed by atoms with Crippen molar-refractivity contribution < 1.29 is 0 Å². The van der Waals surface area contributed by atoms with Gasteiger partial charge in [0.15, 0.2) is 5.69 Å². The first kappa shape index (κ1) is 95.3. The van der Waals surface area contributed by atoms with Gasteiger partial charge in [-0.2, -0.15) is 5.26 Å². The molecule has 3 heterocycles. The highest BCUT2D eigenvalue weighted by atomic mass is 15.2. The number of hydrogen-bond acceptors (Lipinski definition) is 3. The fourth-order valence-electron chi connectivity index (χ4n) is 20.2. The summed E-state index contributed by atoms with van der Waals surface area (Å²) in [6.45, 7) is 86.6. The van der Waals surface area contributed by atoms with Crippen LogP contribution in [0.4, 0.5) is 39.8 Å². The van der Waals surface area contributed by atoms with E-state index in [0.29, 0.717) is 11.3 Å². The molecule has 0 bridgehead atoms. The molecule has 14 aromatic carbocycles. The van der Waals surface area contributed by atoms with Gasteiger partial charge in [0.1, 0.15) is 0 Å². The summed E-state index contributed by atoms with van der Waals surface area (Å²) < 4.78 is 2.53. The molecule has 0 fully saturated rings. The van der Waals surface area contributed by atoms with Crippen LogP contribution < -0.4 is 26.2 Å². The Morgan fingerprint density at radius 1 is 0.250 bits per heavy atom. The topological polar surface area (TPSA) is 39.6 Å². The van der Waals surface area contributed by atoms with Crippen molar-refractivity contribution >= 4 is 84.7 Å². The summed E-state index contributed by atoms with van der Waals surface area (Å²) in [4.78, 5) is 9.76. The molecule has 136 heavy (non-hydrogen) atoms. The fourth-order valence-corrected chi connectivity index (χ4v) is 20.2. The Labute approximate surface area is 815 Å². The average Bonchev–Trinajstić information content (AvgIpc) is 0.729. The maximum absolute atomic E-state index is 11.0. The first-order valence-corrected chi connectivity index (χ1v) is 49.4. The number of rotatable bonds is 10. The Morgan fingerprint density at radius 3 is 0.904 bits per heavy atom. The minimum Gasteiger partial charge on any atom is -0.310 e. The number of benzene rings is 14. The van der Waals surface area contributed by atoms with E-state index < -0.39 is 12.1 Å². The van der Waals surface area contributed by atoms with Crippen LogP contribution in [0.2, 0.25) is 0 Å². The van der Waals surface area contributed by atoms with Crippen LogP contribution in [0.3, 0.4) is 0 Å². The highest BCUT2D eigenvalue weighted by molar-refractivity contribution is 7.00. The van der Waals surface area contributed by atoms with Crippen molar-refractivity contribution in [3.63, 3.8) is 0 Å². The molecule has 0 radical (unpaired) electrons. The molecule has 2 aliphatic heterocycles. The smallest absolute Gasteiger partial charge is 0.252 e. The highest BCUT2D eigenvalue weighted by Gasteiger charge is 2.48. The molecule has 6 heteroatoms. The van der Waals surface area contributed by atoms with Crippen LogP contribution in [0.15, 0.2) is 261 Å². The minimum atomic E-state index is -0.474. The molecule has 0 amide bonds. The first-order valence-electron chi connectivity index (χ1n) is 49.4. The first-order chi connectivity index (χ1) is 63.2. The van der Waals surface area contributed by atoms with Crippen LogP contribution in [0.1, 0.15) is 295 Å². The molecular formula is C130H142BN5. The second-order valence-corrected chi connectivity index (χ2v) is 50.9. The molecule has 0 spiro atoms. The van der Waals surface area contributed by atoms with E-state index in [-0.39, 0.29) is 54.1 Å². The van der Waals surface area contributed by atoms with E-state index in [2.05, 4.69) is 502 Å². The molecule has 0 N–H and O–H groups in total. The van der Waals surface area contributed by atoms with Gasteiger partial charge in [-0.3, -0.25) is 0 Å². The number of aromatic nitrogens is 1. The number of anilines is 6. The van der Waals surface area contributed by atoms with Gasteiger partial charge in [-0.05, 0) is 278 Å². The zero-order chi connectivity index (χ0) is 98.3. The van der Waals surface area contributed by atoms with Crippen LogP contribution >= 0.6 is 0 Å². The van der Waals surface area contributed by atoms with E-state index in [4.69, 9.17) is 6.57 Å². The summed E-state index contributed by atoms with van der Waals surface area (Å²) >= 11 is 0. The van der Waals surface area contributed by atoms with Crippen molar-refractivity contribution in [2.45, 2.75) is 288 Å². The van der Waals surface area contributed by atoms with Gasteiger partial charge >= 0.3 is 0 Å². The maximum Gasteiger partial charge on any atom is 0.252 e. The lowest BCUT2D eigenvalue weighted by Crippen LogP contribution is -2.61. The normalized spacial score (nSPS) is 13.6. The summed E-state index contributed by atoms with van der Waals surface area (Å²) in [7, 11) is 0. The van der Waals surface area contributed by atoms with E-state index in [0.717, 1.165) is 123 Å². The monoisotopic (exact) mass is 1780 g/mol. The summed E-state index contributed by atoms with van der Waals surface area (Å²) in [6, 6.07) is 105. The zero-order valence-electron chi connectivity index (χ0n) is 87.6. The third kappa shape index (κ3) is 18.0. The van der Waals surface area contributed by atoms with Gasteiger partial charge in [-0.15, -0.1) is 0 Å². The van der Waals surface area contributed by atoms with Crippen LogP contribution in [0.5, 0.6) is 0 Å². The molecule has 5 nitrogen and oxygen atoms in total. The summed E-state index contributed by atoms with van der Waals surface area (Å²) in [5.74, 6) is 0. The lowest BCUT2D eigenvalue weighted by Gasteiger charge is -2.47. The molecule has 2 aliphatic rings. The Balaban J connectivity index is 1.16. The third-order valence-corrected chi connectivity index (χ3v) is 29.0. The molecule has 0 saturated carbocycles. The fraction of sp³-hybridized carbons (Fsp3) is 0.338. The van der Waals surface area contributed by atoms with Crippen molar-refractivity contribution in [2.24, 2.45) is 0 Å². The predicted octanol–water partition coefficient (Wildman–Crippen LogP) is 35.2.